The van der Waals surface area contributed by atoms with Crippen LogP contribution in [0.25, 0.3) is 0 Å². The highest BCUT2D eigenvalue weighted by Crippen LogP contribution is 2.35. The minimum Gasteiger partial charge on any atom is -0.415 e. The summed E-state index contributed by atoms with van der Waals surface area (Å²) in [5.41, 5.74) is 8.44. The number of nitrogens with two attached hydrogens (primary N) is 1. The van der Waals surface area contributed by atoms with Crippen LogP contribution >= 0.6 is 11.8 Å². The minimum atomic E-state index is 0.305. The fraction of sp³-hybridized carbons (Fsp3) is 0.429. The van der Waals surface area contributed by atoms with Crippen molar-refractivity contribution in [3.63, 3.8) is 0 Å². The molecule has 0 spiro atoms. The van der Waals surface area contributed by atoms with Crippen molar-refractivity contribution in [3.05, 3.63) is 41.3 Å². The number of aromatic nitrogens is 2. The fourth-order valence-corrected chi connectivity index (χ4v) is 3.52. The fourth-order valence-electron chi connectivity index (χ4n) is 2.58. The Kier molecular flexibility index (Phi) is 3.84. The first-order valence-corrected chi connectivity index (χ1v) is 7.58. The second-order valence-electron chi connectivity index (χ2n) is 4.76. The minimum absolute atomic E-state index is 0.305. The van der Waals surface area contributed by atoms with Crippen molar-refractivity contribution < 1.29 is 4.42 Å². The maximum Gasteiger partial charge on any atom is 0.276 e. The molecule has 4 nitrogen and oxygen atoms in total. The molecule has 2 N–H and O–H groups in total. The molecule has 1 aliphatic rings. The highest BCUT2D eigenvalue weighted by Gasteiger charge is 2.20. The molecular weight excluding hydrogens is 258 g/mol. The molecule has 0 aliphatic heterocycles. The normalized spacial score (nSPS) is 18.3. The van der Waals surface area contributed by atoms with Gasteiger partial charge < -0.3 is 10.2 Å². The highest BCUT2D eigenvalue weighted by molar-refractivity contribution is 7.99. The first-order chi connectivity index (χ1) is 9.36. The highest BCUT2D eigenvalue weighted by atomic mass is 32.2. The third-order valence-electron chi connectivity index (χ3n) is 3.52. The molecule has 0 saturated carbocycles. The lowest BCUT2D eigenvalue weighted by Gasteiger charge is -2.24. The zero-order valence-corrected chi connectivity index (χ0v) is 11.5. The maximum atomic E-state index is 5.46. The van der Waals surface area contributed by atoms with Crippen LogP contribution in [0.1, 0.15) is 35.8 Å². The molecule has 1 unspecified atom stereocenters. The van der Waals surface area contributed by atoms with Gasteiger partial charge in [-0.2, -0.15) is 0 Å². The van der Waals surface area contributed by atoms with Crippen molar-refractivity contribution in [3.8, 4) is 0 Å². The summed E-state index contributed by atoms with van der Waals surface area (Å²) in [6.07, 6.45) is 3.71. The topological polar surface area (TPSA) is 64.9 Å². The van der Waals surface area contributed by atoms with Gasteiger partial charge in [0.15, 0.2) is 0 Å². The summed E-state index contributed by atoms with van der Waals surface area (Å²) in [5, 5.41) is 8.50. The third-order valence-corrected chi connectivity index (χ3v) is 4.51. The van der Waals surface area contributed by atoms with E-state index in [1.165, 1.54) is 30.4 Å². The summed E-state index contributed by atoms with van der Waals surface area (Å²) < 4.78 is 5.43. The molecule has 0 radical (unpaired) electrons. The Bertz CT molecular complexity index is 555. The van der Waals surface area contributed by atoms with E-state index in [1.807, 2.05) is 0 Å². The molecule has 1 aromatic carbocycles. The lowest BCUT2D eigenvalue weighted by Crippen LogP contribution is -2.11. The monoisotopic (exact) mass is 275 g/mol. The number of rotatable bonds is 4. The van der Waals surface area contributed by atoms with Crippen LogP contribution in [-0.2, 0) is 13.0 Å². The number of fused-ring (bicyclic) bond motifs is 1. The smallest absolute Gasteiger partial charge is 0.276 e. The van der Waals surface area contributed by atoms with Crippen molar-refractivity contribution in [1.82, 2.24) is 10.2 Å². The Morgan fingerprint density at radius 2 is 2.21 bits per heavy atom. The third kappa shape index (κ3) is 2.82. The van der Waals surface area contributed by atoms with E-state index in [4.69, 9.17) is 10.2 Å². The molecule has 1 heterocycles. The lowest BCUT2D eigenvalue weighted by molar-refractivity contribution is 0.414. The molecule has 1 aromatic heterocycles. The van der Waals surface area contributed by atoms with Gasteiger partial charge in [-0.25, -0.2) is 0 Å². The summed E-state index contributed by atoms with van der Waals surface area (Å²) in [5.74, 6) is 2.08. The Labute approximate surface area is 116 Å². The van der Waals surface area contributed by atoms with Crippen LogP contribution in [0.3, 0.4) is 0 Å². The average Bonchev–Trinajstić information content (AvgIpc) is 2.93. The number of hydrogen-bond donors (Lipinski definition) is 1. The number of thioether (sulfide) groups is 1. The van der Waals surface area contributed by atoms with Crippen LogP contribution in [0.2, 0.25) is 0 Å². The Morgan fingerprint density at radius 3 is 3.05 bits per heavy atom. The van der Waals surface area contributed by atoms with Crippen molar-refractivity contribution in [1.29, 1.82) is 0 Å². The molecule has 0 fully saturated rings. The average molecular weight is 275 g/mol. The SMILES string of the molecule is NCc1nnc(SCC2CCCc3ccccc32)o1. The van der Waals surface area contributed by atoms with Crippen LogP contribution in [-0.4, -0.2) is 16.0 Å². The molecule has 0 amide bonds. The maximum absolute atomic E-state index is 5.46. The van der Waals surface area contributed by atoms with E-state index in [0.29, 0.717) is 23.6 Å². The molecular formula is C14H17N3OS. The molecule has 5 heteroatoms. The Balaban J connectivity index is 1.68. The van der Waals surface area contributed by atoms with Gasteiger partial charge in [0.25, 0.3) is 5.22 Å². The quantitative estimate of drug-likeness (QED) is 0.869. The van der Waals surface area contributed by atoms with Gasteiger partial charge in [-0.15, -0.1) is 10.2 Å². The van der Waals surface area contributed by atoms with Crippen molar-refractivity contribution in [2.24, 2.45) is 5.73 Å². The van der Waals surface area contributed by atoms with E-state index in [9.17, 15) is 0 Å². The zero-order valence-electron chi connectivity index (χ0n) is 10.7. The van der Waals surface area contributed by atoms with Crippen LogP contribution in [0.15, 0.2) is 33.9 Å². The van der Waals surface area contributed by atoms with Crippen LogP contribution in [0.4, 0.5) is 0 Å². The van der Waals surface area contributed by atoms with Gasteiger partial charge in [0.1, 0.15) is 0 Å². The predicted molar refractivity (Wildman–Crippen MR) is 75.0 cm³/mol. The van der Waals surface area contributed by atoms with Gasteiger partial charge in [0, 0.05) is 5.75 Å². The van der Waals surface area contributed by atoms with Gasteiger partial charge in [-0.3, -0.25) is 0 Å². The molecule has 1 aliphatic carbocycles. The van der Waals surface area contributed by atoms with E-state index in [1.54, 1.807) is 11.8 Å². The molecule has 1 atom stereocenters. The summed E-state index contributed by atoms with van der Waals surface area (Å²) >= 11 is 1.63. The molecule has 19 heavy (non-hydrogen) atoms. The van der Waals surface area contributed by atoms with E-state index in [-0.39, 0.29) is 0 Å². The van der Waals surface area contributed by atoms with E-state index >= 15 is 0 Å². The number of benzene rings is 1. The van der Waals surface area contributed by atoms with E-state index in [0.717, 1.165) is 5.75 Å². The standard InChI is InChI=1S/C14H17N3OS/c15-8-13-16-17-14(18-13)19-9-11-6-3-5-10-4-1-2-7-12(10)11/h1-2,4,7,11H,3,5-6,8-9,15H2. The molecule has 0 bridgehead atoms. The van der Waals surface area contributed by atoms with Crippen molar-refractivity contribution in [2.75, 3.05) is 5.75 Å². The Hall–Kier alpha value is -1.33. The lowest BCUT2D eigenvalue weighted by atomic mass is 9.84. The van der Waals surface area contributed by atoms with Crippen molar-refractivity contribution >= 4 is 11.8 Å². The van der Waals surface area contributed by atoms with Crippen molar-refractivity contribution in [2.45, 2.75) is 36.9 Å². The molecule has 0 saturated heterocycles. The number of hydrogen-bond acceptors (Lipinski definition) is 5. The van der Waals surface area contributed by atoms with E-state index in [2.05, 4.69) is 34.5 Å². The van der Waals surface area contributed by atoms with E-state index < -0.39 is 0 Å². The Morgan fingerprint density at radius 1 is 1.32 bits per heavy atom. The van der Waals surface area contributed by atoms with Gasteiger partial charge in [-0.1, -0.05) is 36.0 Å². The van der Waals surface area contributed by atoms with Gasteiger partial charge in [-0.05, 0) is 36.3 Å². The number of nitrogens with zero attached hydrogens (tertiary/aromatic N) is 2. The summed E-state index contributed by atoms with van der Waals surface area (Å²) in [6, 6.07) is 8.74. The second kappa shape index (κ2) is 5.75. The van der Waals surface area contributed by atoms with Gasteiger partial charge in [0.2, 0.25) is 5.89 Å². The molecule has 2 aromatic rings. The second-order valence-corrected chi connectivity index (χ2v) is 5.74. The first-order valence-electron chi connectivity index (χ1n) is 6.60. The summed E-state index contributed by atoms with van der Waals surface area (Å²) in [4.78, 5) is 0. The number of aryl methyl sites for hydroxylation is 1. The van der Waals surface area contributed by atoms with Gasteiger partial charge >= 0.3 is 0 Å². The molecule has 3 rings (SSSR count). The van der Waals surface area contributed by atoms with Crippen LogP contribution in [0.5, 0.6) is 0 Å². The zero-order chi connectivity index (χ0) is 13.1. The summed E-state index contributed by atoms with van der Waals surface area (Å²) in [7, 11) is 0. The molecule has 100 valence electrons. The van der Waals surface area contributed by atoms with Crippen LogP contribution in [0, 0.1) is 0 Å². The predicted octanol–water partition coefficient (Wildman–Crippen LogP) is 2.74. The first kappa shape index (κ1) is 12.7. The largest absolute Gasteiger partial charge is 0.415 e. The van der Waals surface area contributed by atoms with Gasteiger partial charge in [0.05, 0.1) is 6.54 Å². The van der Waals surface area contributed by atoms with Crippen LogP contribution < -0.4 is 5.73 Å². The summed E-state index contributed by atoms with van der Waals surface area (Å²) in [6.45, 7) is 0.305.